The Hall–Kier alpha value is -2.10. The molecule has 6 heteroatoms. The molecule has 2 unspecified atom stereocenters. The van der Waals surface area contributed by atoms with E-state index in [0.717, 1.165) is 5.56 Å². The number of benzene rings is 1. The summed E-state index contributed by atoms with van der Waals surface area (Å²) in [6, 6.07) is 8.99. The van der Waals surface area contributed by atoms with Crippen LogP contribution in [0.15, 0.2) is 24.3 Å². The van der Waals surface area contributed by atoms with E-state index in [1.807, 2.05) is 32.9 Å². The van der Waals surface area contributed by atoms with Crippen LogP contribution in [0.25, 0.3) is 0 Å². The van der Waals surface area contributed by atoms with Crippen LogP contribution in [0, 0.1) is 11.3 Å². The molecule has 1 amide bonds. The molecular formula is C20H26N2O4. The number of nitriles is 1. The second kappa shape index (κ2) is 6.90. The second-order valence-corrected chi connectivity index (χ2v) is 8.35. The Bertz CT molecular complexity index is 688. The van der Waals surface area contributed by atoms with Gasteiger partial charge in [-0.2, -0.15) is 5.26 Å². The summed E-state index contributed by atoms with van der Waals surface area (Å²) in [6.07, 6.45) is 1.05. The lowest BCUT2D eigenvalue weighted by atomic mass is 9.77. The van der Waals surface area contributed by atoms with Crippen LogP contribution in [0.4, 0.5) is 4.79 Å². The summed E-state index contributed by atoms with van der Waals surface area (Å²) in [4.78, 5) is 14.4. The molecule has 2 heterocycles. The molecule has 0 aromatic heterocycles. The molecule has 2 bridgehead atoms. The minimum atomic E-state index is -0.897. The Morgan fingerprint density at radius 1 is 1.31 bits per heavy atom. The molecule has 2 aliphatic heterocycles. The zero-order valence-electron chi connectivity index (χ0n) is 15.6. The van der Waals surface area contributed by atoms with E-state index < -0.39 is 11.2 Å². The minimum Gasteiger partial charge on any atom is -0.444 e. The molecule has 6 nitrogen and oxygen atoms in total. The maximum Gasteiger partial charge on any atom is 0.410 e. The topological polar surface area (TPSA) is 82.8 Å². The summed E-state index contributed by atoms with van der Waals surface area (Å²) < 4.78 is 11.2. The summed E-state index contributed by atoms with van der Waals surface area (Å²) in [7, 11) is 0. The predicted octanol–water partition coefficient (Wildman–Crippen LogP) is 2.63. The van der Waals surface area contributed by atoms with Crippen molar-refractivity contribution in [3.63, 3.8) is 0 Å². The van der Waals surface area contributed by atoms with Gasteiger partial charge in [0.2, 0.25) is 0 Å². The fourth-order valence-corrected chi connectivity index (χ4v) is 3.91. The normalized spacial score (nSPS) is 28.3. The van der Waals surface area contributed by atoms with Gasteiger partial charge in [-0.05, 0) is 51.3 Å². The third-order valence-electron chi connectivity index (χ3n) is 4.86. The van der Waals surface area contributed by atoms with Gasteiger partial charge in [-0.15, -0.1) is 0 Å². The quantitative estimate of drug-likeness (QED) is 0.879. The molecule has 1 N–H and O–H groups in total. The van der Waals surface area contributed by atoms with Crippen molar-refractivity contribution in [2.24, 2.45) is 0 Å². The first kappa shape index (κ1) is 18.7. The van der Waals surface area contributed by atoms with E-state index in [0.29, 0.717) is 38.0 Å². The van der Waals surface area contributed by atoms with E-state index in [2.05, 4.69) is 6.07 Å². The fraction of sp³-hybridized carbons (Fsp3) is 0.600. The number of ether oxygens (including phenoxy) is 2. The molecule has 2 fully saturated rings. The van der Waals surface area contributed by atoms with Crippen LogP contribution in [0.3, 0.4) is 0 Å². The zero-order valence-corrected chi connectivity index (χ0v) is 15.6. The highest BCUT2D eigenvalue weighted by Crippen LogP contribution is 2.37. The molecule has 1 aromatic carbocycles. The van der Waals surface area contributed by atoms with Gasteiger partial charge in [-0.25, -0.2) is 4.79 Å². The van der Waals surface area contributed by atoms with Gasteiger partial charge in [0.25, 0.3) is 0 Å². The van der Waals surface area contributed by atoms with Crippen molar-refractivity contribution in [1.82, 2.24) is 4.90 Å². The number of amides is 1. The molecule has 2 aliphatic rings. The molecule has 3 rings (SSSR count). The van der Waals surface area contributed by atoms with Crippen molar-refractivity contribution in [1.29, 1.82) is 5.26 Å². The monoisotopic (exact) mass is 358 g/mol. The highest BCUT2D eigenvalue weighted by molar-refractivity contribution is 5.69. The number of rotatable bonds is 2. The maximum atomic E-state index is 12.6. The van der Waals surface area contributed by atoms with Crippen LogP contribution in [0.5, 0.6) is 0 Å². The standard InChI is InChI=1S/C20H26N2O4/c1-19(2,3)26-18(23)22-16-9-20(24,10-17(22)13-25-12-16)8-14-4-6-15(11-21)7-5-14/h4-7,16-17,24H,8-10,12-13H2,1-3H3. The van der Waals surface area contributed by atoms with Gasteiger partial charge < -0.3 is 14.6 Å². The van der Waals surface area contributed by atoms with E-state index in [4.69, 9.17) is 14.7 Å². The lowest BCUT2D eigenvalue weighted by molar-refractivity contribution is -0.137. The lowest BCUT2D eigenvalue weighted by Gasteiger charge is -2.51. The van der Waals surface area contributed by atoms with Crippen LogP contribution in [-0.2, 0) is 15.9 Å². The van der Waals surface area contributed by atoms with Gasteiger partial charge in [-0.3, -0.25) is 4.90 Å². The lowest BCUT2D eigenvalue weighted by Crippen LogP contribution is -2.64. The van der Waals surface area contributed by atoms with Crippen molar-refractivity contribution >= 4 is 6.09 Å². The van der Waals surface area contributed by atoms with Crippen LogP contribution in [0.1, 0.15) is 44.7 Å². The van der Waals surface area contributed by atoms with Gasteiger partial charge in [0.15, 0.2) is 0 Å². The number of piperidine rings is 1. The van der Waals surface area contributed by atoms with Crippen molar-refractivity contribution in [3.8, 4) is 6.07 Å². The van der Waals surface area contributed by atoms with E-state index in [1.54, 1.807) is 17.0 Å². The summed E-state index contributed by atoms with van der Waals surface area (Å²) in [5.74, 6) is 0. The largest absolute Gasteiger partial charge is 0.444 e. The molecule has 0 saturated carbocycles. The van der Waals surface area contributed by atoms with E-state index in [1.165, 1.54) is 0 Å². The second-order valence-electron chi connectivity index (χ2n) is 8.35. The smallest absolute Gasteiger partial charge is 0.410 e. The molecule has 140 valence electrons. The van der Waals surface area contributed by atoms with Gasteiger partial charge in [0.05, 0.1) is 42.5 Å². The number of morpholine rings is 1. The highest BCUT2D eigenvalue weighted by atomic mass is 16.6. The van der Waals surface area contributed by atoms with Crippen LogP contribution >= 0.6 is 0 Å². The first-order valence-electron chi connectivity index (χ1n) is 9.00. The number of carbonyl (C=O) groups excluding carboxylic acids is 1. The number of nitrogens with zero attached hydrogens (tertiary/aromatic N) is 2. The van der Waals surface area contributed by atoms with Gasteiger partial charge >= 0.3 is 6.09 Å². The van der Waals surface area contributed by atoms with Crippen molar-refractivity contribution in [2.45, 2.75) is 63.3 Å². The van der Waals surface area contributed by atoms with Crippen LogP contribution in [-0.4, -0.2) is 52.6 Å². The Morgan fingerprint density at radius 2 is 1.88 bits per heavy atom. The van der Waals surface area contributed by atoms with Gasteiger partial charge in [0.1, 0.15) is 5.60 Å². The number of aliphatic hydroxyl groups is 1. The summed E-state index contributed by atoms with van der Waals surface area (Å²) in [6.45, 7) is 6.37. The molecule has 2 saturated heterocycles. The van der Waals surface area contributed by atoms with E-state index in [9.17, 15) is 9.90 Å². The van der Waals surface area contributed by atoms with Crippen LogP contribution in [0.2, 0.25) is 0 Å². The maximum absolute atomic E-state index is 12.6. The fourth-order valence-electron chi connectivity index (χ4n) is 3.91. The number of hydrogen-bond acceptors (Lipinski definition) is 5. The zero-order chi connectivity index (χ0) is 18.9. The van der Waals surface area contributed by atoms with Crippen molar-refractivity contribution in [3.05, 3.63) is 35.4 Å². The van der Waals surface area contributed by atoms with Crippen LogP contribution < -0.4 is 0 Å². The number of hydrogen-bond donors (Lipinski definition) is 1. The first-order chi connectivity index (χ1) is 12.2. The molecule has 0 spiro atoms. The average Bonchev–Trinajstić information content (AvgIpc) is 2.52. The Labute approximate surface area is 154 Å². The Kier molecular flexibility index (Phi) is 4.96. The highest BCUT2D eigenvalue weighted by Gasteiger charge is 2.49. The molecule has 1 aromatic rings. The minimum absolute atomic E-state index is 0.194. The van der Waals surface area contributed by atoms with Gasteiger partial charge in [-0.1, -0.05) is 12.1 Å². The third-order valence-corrected chi connectivity index (χ3v) is 4.86. The molecule has 0 radical (unpaired) electrons. The Balaban J connectivity index is 1.73. The molecule has 2 atom stereocenters. The Morgan fingerprint density at radius 3 is 2.38 bits per heavy atom. The third kappa shape index (κ3) is 4.17. The summed E-state index contributed by atoms with van der Waals surface area (Å²) in [5.41, 5.74) is 0.135. The molecular weight excluding hydrogens is 332 g/mol. The van der Waals surface area contributed by atoms with Gasteiger partial charge in [0, 0.05) is 6.42 Å². The van der Waals surface area contributed by atoms with Crippen molar-refractivity contribution < 1.29 is 19.4 Å². The van der Waals surface area contributed by atoms with E-state index in [-0.39, 0.29) is 18.2 Å². The van der Waals surface area contributed by atoms with Crippen molar-refractivity contribution in [2.75, 3.05) is 13.2 Å². The molecule has 26 heavy (non-hydrogen) atoms. The number of carbonyl (C=O) groups is 1. The summed E-state index contributed by atoms with van der Waals surface area (Å²) >= 11 is 0. The SMILES string of the molecule is CC(C)(C)OC(=O)N1C2COCC1CC(O)(Cc1ccc(C#N)cc1)C2. The average molecular weight is 358 g/mol. The van der Waals surface area contributed by atoms with E-state index >= 15 is 0 Å². The first-order valence-corrected chi connectivity index (χ1v) is 9.00. The number of fused-ring (bicyclic) bond motifs is 2. The summed E-state index contributed by atoms with van der Waals surface area (Å²) in [5, 5.41) is 20.1. The predicted molar refractivity (Wildman–Crippen MR) is 95.5 cm³/mol. The molecule has 0 aliphatic carbocycles.